The van der Waals surface area contributed by atoms with Crippen LogP contribution in [-0.4, -0.2) is 10.9 Å². The summed E-state index contributed by atoms with van der Waals surface area (Å²) in [7, 11) is 0. The lowest BCUT2D eigenvalue weighted by Crippen LogP contribution is -2.23. The first kappa shape index (κ1) is 15.3. The van der Waals surface area contributed by atoms with Gasteiger partial charge in [0.1, 0.15) is 5.01 Å². The summed E-state index contributed by atoms with van der Waals surface area (Å²) in [5.41, 5.74) is 1.79. The predicted octanol–water partition coefficient (Wildman–Crippen LogP) is 4.02. The summed E-state index contributed by atoms with van der Waals surface area (Å²) in [5.74, 6) is -2.50. The van der Waals surface area contributed by atoms with Crippen molar-refractivity contribution < 1.29 is 13.6 Å². The SMILES string of the molecule is O=C(NCc1csc(-c2ccccc2)n1)c1ccc(F)c(F)c1. The largest absolute Gasteiger partial charge is 0.346 e. The van der Waals surface area contributed by atoms with Crippen molar-refractivity contribution in [3.05, 3.63) is 76.8 Å². The molecule has 0 aliphatic rings. The number of carbonyl (C=O) groups excluding carboxylic acids is 1. The van der Waals surface area contributed by atoms with Crippen LogP contribution in [-0.2, 0) is 6.54 Å². The molecule has 1 heterocycles. The zero-order valence-corrected chi connectivity index (χ0v) is 12.7. The Morgan fingerprint density at radius 2 is 1.87 bits per heavy atom. The molecule has 3 nitrogen and oxygen atoms in total. The van der Waals surface area contributed by atoms with Gasteiger partial charge >= 0.3 is 0 Å². The zero-order chi connectivity index (χ0) is 16.2. The topological polar surface area (TPSA) is 42.0 Å². The van der Waals surface area contributed by atoms with E-state index in [4.69, 9.17) is 0 Å². The van der Waals surface area contributed by atoms with E-state index in [-0.39, 0.29) is 12.1 Å². The van der Waals surface area contributed by atoms with Crippen LogP contribution < -0.4 is 5.32 Å². The average molecular weight is 330 g/mol. The number of amides is 1. The van der Waals surface area contributed by atoms with Gasteiger partial charge in [-0.05, 0) is 18.2 Å². The van der Waals surface area contributed by atoms with Crippen molar-refractivity contribution in [3.8, 4) is 10.6 Å². The fourth-order valence-corrected chi connectivity index (χ4v) is 2.84. The lowest BCUT2D eigenvalue weighted by atomic mass is 10.2. The van der Waals surface area contributed by atoms with Crippen molar-refractivity contribution in [2.45, 2.75) is 6.54 Å². The van der Waals surface area contributed by atoms with Gasteiger partial charge in [0, 0.05) is 16.5 Å². The summed E-state index contributed by atoms with van der Waals surface area (Å²) in [4.78, 5) is 16.4. The van der Waals surface area contributed by atoms with Crippen molar-refractivity contribution in [1.82, 2.24) is 10.3 Å². The Balaban J connectivity index is 1.65. The highest BCUT2D eigenvalue weighted by molar-refractivity contribution is 7.13. The van der Waals surface area contributed by atoms with Crippen LogP contribution in [0.15, 0.2) is 53.9 Å². The van der Waals surface area contributed by atoms with Crippen molar-refractivity contribution >= 4 is 17.2 Å². The van der Waals surface area contributed by atoms with Gasteiger partial charge in [-0.2, -0.15) is 0 Å². The number of aromatic nitrogens is 1. The monoisotopic (exact) mass is 330 g/mol. The summed E-state index contributed by atoms with van der Waals surface area (Å²) in [6.45, 7) is 0.223. The highest BCUT2D eigenvalue weighted by atomic mass is 32.1. The van der Waals surface area contributed by atoms with Crippen LogP contribution in [0.25, 0.3) is 10.6 Å². The lowest BCUT2D eigenvalue weighted by molar-refractivity contribution is 0.0950. The van der Waals surface area contributed by atoms with Gasteiger partial charge in [-0.25, -0.2) is 13.8 Å². The first-order valence-electron chi connectivity index (χ1n) is 6.86. The molecule has 6 heteroatoms. The van der Waals surface area contributed by atoms with E-state index in [1.54, 1.807) is 0 Å². The maximum absolute atomic E-state index is 13.1. The third kappa shape index (κ3) is 3.60. The second kappa shape index (κ2) is 6.66. The standard InChI is InChI=1S/C17H12F2N2OS/c18-14-7-6-12(8-15(14)19)16(22)20-9-13-10-23-17(21-13)11-4-2-1-3-5-11/h1-8,10H,9H2,(H,20,22). The van der Waals surface area contributed by atoms with Crippen molar-refractivity contribution in [1.29, 1.82) is 0 Å². The predicted molar refractivity (Wildman–Crippen MR) is 85.1 cm³/mol. The molecule has 23 heavy (non-hydrogen) atoms. The Hall–Kier alpha value is -2.60. The Kier molecular flexibility index (Phi) is 4.43. The van der Waals surface area contributed by atoms with E-state index >= 15 is 0 Å². The van der Waals surface area contributed by atoms with Gasteiger partial charge in [0.05, 0.1) is 12.2 Å². The number of hydrogen-bond acceptors (Lipinski definition) is 3. The molecule has 3 aromatic rings. The minimum absolute atomic E-state index is 0.0717. The van der Waals surface area contributed by atoms with Crippen LogP contribution in [0.1, 0.15) is 16.1 Å². The minimum Gasteiger partial charge on any atom is -0.346 e. The lowest BCUT2D eigenvalue weighted by Gasteiger charge is -2.03. The van der Waals surface area contributed by atoms with Gasteiger partial charge in [-0.1, -0.05) is 30.3 Å². The molecule has 1 aromatic heterocycles. The summed E-state index contributed by atoms with van der Waals surface area (Å²) in [6, 6.07) is 12.8. The molecular formula is C17H12F2N2OS. The molecule has 0 aliphatic heterocycles. The molecule has 2 aromatic carbocycles. The van der Waals surface area contributed by atoms with E-state index in [1.165, 1.54) is 17.4 Å². The van der Waals surface area contributed by atoms with Crippen molar-refractivity contribution in [2.24, 2.45) is 0 Å². The summed E-state index contributed by atoms with van der Waals surface area (Å²) >= 11 is 1.48. The molecule has 0 unspecified atom stereocenters. The summed E-state index contributed by atoms with van der Waals surface area (Å²) in [6.07, 6.45) is 0. The van der Waals surface area contributed by atoms with Crippen molar-refractivity contribution in [2.75, 3.05) is 0 Å². The van der Waals surface area contributed by atoms with Gasteiger partial charge in [0.25, 0.3) is 5.91 Å². The fourth-order valence-electron chi connectivity index (χ4n) is 2.01. The number of nitrogens with one attached hydrogen (secondary N) is 1. The number of thiazole rings is 1. The maximum atomic E-state index is 13.1. The molecule has 0 fully saturated rings. The van der Waals surface area contributed by atoms with E-state index in [9.17, 15) is 13.6 Å². The van der Waals surface area contributed by atoms with Gasteiger partial charge in [-0.15, -0.1) is 11.3 Å². The van der Waals surface area contributed by atoms with Crippen LogP contribution in [0.2, 0.25) is 0 Å². The van der Waals surface area contributed by atoms with Crippen LogP contribution in [0.5, 0.6) is 0 Å². The molecule has 0 saturated carbocycles. The Labute approximate surface area is 135 Å². The van der Waals surface area contributed by atoms with Gasteiger partial charge in [-0.3, -0.25) is 4.79 Å². The maximum Gasteiger partial charge on any atom is 0.251 e. The number of halogens is 2. The third-order valence-corrected chi connectivity index (χ3v) is 4.12. The van der Waals surface area contributed by atoms with Crippen LogP contribution >= 0.6 is 11.3 Å². The van der Waals surface area contributed by atoms with Crippen LogP contribution in [0.4, 0.5) is 8.78 Å². The number of rotatable bonds is 4. The van der Waals surface area contributed by atoms with E-state index in [0.717, 1.165) is 22.7 Å². The normalized spacial score (nSPS) is 10.5. The highest BCUT2D eigenvalue weighted by Crippen LogP contribution is 2.23. The molecule has 1 N–H and O–H groups in total. The Morgan fingerprint density at radius 1 is 1.09 bits per heavy atom. The van der Waals surface area contributed by atoms with Crippen LogP contribution in [0.3, 0.4) is 0 Å². The highest BCUT2D eigenvalue weighted by Gasteiger charge is 2.10. The van der Waals surface area contributed by atoms with E-state index in [1.807, 2.05) is 35.7 Å². The molecular weight excluding hydrogens is 318 g/mol. The Morgan fingerprint density at radius 3 is 2.61 bits per heavy atom. The number of benzene rings is 2. The second-order valence-electron chi connectivity index (χ2n) is 4.82. The molecule has 0 aliphatic carbocycles. The first-order valence-corrected chi connectivity index (χ1v) is 7.74. The Bertz CT molecular complexity index is 834. The molecule has 116 valence electrons. The van der Waals surface area contributed by atoms with Gasteiger partial charge < -0.3 is 5.32 Å². The summed E-state index contributed by atoms with van der Waals surface area (Å²) < 4.78 is 26.0. The molecule has 0 saturated heterocycles. The number of nitrogens with zero attached hydrogens (tertiary/aromatic N) is 1. The number of carbonyl (C=O) groups is 1. The van der Waals surface area contributed by atoms with E-state index in [0.29, 0.717) is 5.69 Å². The average Bonchev–Trinajstić information content (AvgIpc) is 3.05. The van der Waals surface area contributed by atoms with Crippen LogP contribution in [0, 0.1) is 11.6 Å². The molecule has 0 bridgehead atoms. The van der Waals surface area contributed by atoms with Gasteiger partial charge in [0.2, 0.25) is 0 Å². The third-order valence-electron chi connectivity index (χ3n) is 3.18. The first-order chi connectivity index (χ1) is 11.1. The van der Waals surface area contributed by atoms with Gasteiger partial charge in [0.15, 0.2) is 11.6 Å². The minimum atomic E-state index is -1.04. The molecule has 0 spiro atoms. The second-order valence-corrected chi connectivity index (χ2v) is 5.68. The molecule has 1 amide bonds. The quantitative estimate of drug-likeness (QED) is 0.785. The molecule has 0 atom stereocenters. The number of hydrogen-bond donors (Lipinski definition) is 1. The van der Waals surface area contributed by atoms with Crippen molar-refractivity contribution in [3.63, 3.8) is 0 Å². The summed E-state index contributed by atoms with van der Waals surface area (Å²) in [5, 5.41) is 5.36. The van der Waals surface area contributed by atoms with E-state index in [2.05, 4.69) is 10.3 Å². The molecule has 3 rings (SSSR count). The molecule has 0 radical (unpaired) electrons. The van der Waals surface area contributed by atoms with E-state index < -0.39 is 17.5 Å². The fraction of sp³-hybridized carbons (Fsp3) is 0.0588. The smallest absolute Gasteiger partial charge is 0.251 e. The zero-order valence-electron chi connectivity index (χ0n) is 11.9.